The third kappa shape index (κ3) is 3.59. The monoisotopic (exact) mass is 347 g/mol. The lowest BCUT2D eigenvalue weighted by Gasteiger charge is -2.21. The number of methoxy groups -OCH3 is 1. The number of hydrogen-bond acceptors (Lipinski definition) is 2. The highest BCUT2D eigenvalue weighted by molar-refractivity contribution is 9.10. The number of benzene rings is 2. The van der Waals surface area contributed by atoms with Crippen LogP contribution in [-0.2, 0) is 0 Å². The zero-order chi connectivity index (χ0) is 15.6. The third-order valence-electron chi connectivity index (χ3n) is 3.71. The van der Waals surface area contributed by atoms with Crippen LogP contribution in [0.2, 0.25) is 0 Å². The van der Waals surface area contributed by atoms with Crippen LogP contribution >= 0.6 is 15.9 Å². The Morgan fingerprint density at radius 3 is 2.24 bits per heavy atom. The zero-order valence-corrected chi connectivity index (χ0v) is 14.8. The first-order valence-electron chi connectivity index (χ1n) is 7.10. The van der Waals surface area contributed by atoms with Crippen molar-refractivity contribution in [3.05, 3.63) is 57.1 Å². The van der Waals surface area contributed by atoms with Gasteiger partial charge in [0, 0.05) is 15.7 Å². The predicted molar refractivity (Wildman–Crippen MR) is 93.4 cm³/mol. The van der Waals surface area contributed by atoms with Crippen LogP contribution in [0, 0.1) is 20.8 Å². The van der Waals surface area contributed by atoms with E-state index in [9.17, 15) is 0 Å². The fraction of sp³-hybridized carbons (Fsp3) is 0.333. The van der Waals surface area contributed by atoms with Gasteiger partial charge < -0.3 is 10.1 Å². The van der Waals surface area contributed by atoms with Gasteiger partial charge in [0.2, 0.25) is 0 Å². The highest BCUT2D eigenvalue weighted by Crippen LogP contribution is 2.32. The first kappa shape index (κ1) is 15.9. The van der Waals surface area contributed by atoms with E-state index in [0.29, 0.717) is 0 Å². The van der Waals surface area contributed by atoms with Gasteiger partial charge in [-0.3, -0.25) is 0 Å². The summed E-state index contributed by atoms with van der Waals surface area (Å²) >= 11 is 3.54. The van der Waals surface area contributed by atoms with Crippen LogP contribution in [0.5, 0.6) is 5.75 Å². The van der Waals surface area contributed by atoms with E-state index < -0.39 is 0 Å². The largest absolute Gasteiger partial charge is 0.496 e. The van der Waals surface area contributed by atoms with Gasteiger partial charge in [0.05, 0.1) is 13.2 Å². The standard InChI is InChI=1S/C18H22BrNO/c1-11-6-7-16(17(8-11)21-5)14(4)20-18-12(2)9-15(19)10-13(18)3/h6-10,14,20H,1-5H3. The molecule has 0 heterocycles. The van der Waals surface area contributed by atoms with Crippen molar-refractivity contribution < 1.29 is 4.74 Å². The molecule has 2 rings (SSSR count). The van der Waals surface area contributed by atoms with Gasteiger partial charge in [-0.1, -0.05) is 28.1 Å². The van der Waals surface area contributed by atoms with Crippen molar-refractivity contribution >= 4 is 21.6 Å². The molecule has 0 bridgehead atoms. The van der Waals surface area contributed by atoms with Gasteiger partial charge in [0.1, 0.15) is 5.75 Å². The number of hydrogen-bond donors (Lipinski definition) is 1. The van der Waals surface area contributed by atoms with E-state index in [2.05, 4.69) is 79.3 Å². The van der Waals surface area contributed by atoms with Gasteiger partial charge >= 0.3 is 0 Å². The maximum Gasteiger partial charge on any atom is 0.124 e. The predicted octanol–water partition coefficient (Wildman–Crippen LogP) is 5.56. The zero-order valence-electron chi connectivity index (χ0n) is 13.3. The van der Waals surface area contributed by atoms with E-state index in [0.717, 1.165) is 10.2 Å². The van der Waals surface area contributed by atoms with Crippen molar-refractivity contribution in [1.29, 1.82) is 0 Å². The maximum atomic E-state index is 5.52. The van der Waals surface area contributed by atoms with Crippen LogP contribution in [0.15, 0.2) is 34.8 Å². The van der Waals surface area contributed by atoms with Crippen LogP contribution in [0.25, 0.3) is 0 Å². The Hall–Kier alpha value is -1.48. The van der Waals surface area contributed by atoms with Crippen molar-refractivity contribution in [3.8, 4) is 5.75 Å². The molecule has 21 heavy (non-hydrogen) atoms. The van der Waals surface area contributed by atoms with Crippen molar-refractivity contribution in [2.75, 3.05) is 12.4 Å². The van der Waals surface area contributed by atoms with E-state index in [-0.39, 0.29) is 6.04 Å². The highest BCUT2D eigenvalue weighted by atomic mass is 79.9. The van der Waals surface area contributed by atoms with Crippen molar-refractivity contribution in [2.45, 2.75) is 33.7 Å². The minimum Gasteiger partial charge on any atom is -0.496 e. The van der Waals surface area contributed by atoms with Gasteiger partial charge in [0.25, 0.3) is 0 Å². The Balaban J connectivity index is 2.32. The van der Waals surface area contributed by atoms with Gasteiger partial charge in [0.15, 0.2) is 0 Å². The van der Waals surface area contributed by atoms with Crippen LogP contribution in [0.3, 0.4) is 0 Å². The number of rotatable bonds is 4. The first-order valence-corrected chi connectivity index (χ1v) is 7.89. The molecule has 2 aromatic carbocycles. The van der Waals surface area contributed by atoms with E-state index in [4.69, 9.17) is 4.74 Å². The average molecular weight is 348 g/mol. The number of nitrogens with one attached hydrogen (secondary N) is 1. The van der Waals surface area contributed by atoms with E-state index in [1.807, 2.05) is 0 Å². The van der Waals surface area contributed by atoms with Crippen molar-refractivity contribution in [2.24, 2.45) is 0 Å². The van der Waals surface area contributed by atoms with Crippen LogP contribution in [-0.4, -0.2) is 7.11 Å². The van der Waals surface area contributed by atoms with Crippen LogP contribution < -0.4 is 10.1 Å². The van der Waals surface area contributed by atoms with E-state index in [1.165, 1.54) is 27.9 Å². The summed E-state index contributed by atoms with van der Waals surface area (Å²) in [6, 6.07) is 10.8. The van der Waals surface area contributed by atoms with Gasteiger partial charge in [-0.25, -0.2) is 0 Å². The van der Waals surface area contributed by atoms with Crippen molar-refractivity contribution in [3.63, 3.8) is 0 Å². The van der Waals surface area contributed by atoms with Crippen LogP contribution in [0.4, 0.5) is 5.69 Å². The minimum absolute atomic E-state index is 0.180. The molecule has 112 valence electrons. The molecule has 2 nitrogen and oxygen atoms in total. The molecular weight excluding hydrogens is 326 g/mol. The van der Waals surface area contributed by atoms with Gasteiger partial charge in [-0.05, 0) is 62.6 Å². The molecule has 0 aromatic heterocycles. The van der Waals surface area contributed by atoms with E-state index >= 15 is 0 Å². The summed E-state index contributed by atoms with van der Waals surface area (Å²) < 4.78 is 6.63. The summed E-state index contributed by atoms with van der Waals surface area (Å²) in [7, 11) is 1.72. The number of aryl methyl sites for hydroxylation is 3. The molecule has 0 spiro atoms. The molecular formula is C18H22BrNO. The summed E-state index contributed by atoms with van der Waals surface area (Å²) in [4.78, 5) is 0. The summed E-state index contributed by atoms with van der Waals surface area (Å²) in [6.07, 6.45) is 0. The SMILES string of the molecule is COc1cc(C)ccc1C(C)Nc1c(C)cc(Br)cc1C. The van der Waals surface area contributed by atoms with Gasteiger partial charge in [-0.15, -0.1) is 0 Å². The second-order valence-corrected chi connectivity index (χ2v) is 6.44. The molecule has 0 aliphatic rings. The Morgan fingerprint density at radius 2 is 1.67 bits per heavy atom. The summed E-state index contributed by atoms with van der Waals surface area (Å²) in [5.41, 5.74) is 6.04. The summed E-state index contributed by atoms with van der Waals surface area (Å²) in [5.74, 6) is 0.933. The average Bonchev–Trinajstić information content (AvgIpc) is 2.42. The first-order chi connectivity index (χ1) is 9.92. The molecule has 1 atom stereocenters. The van der Waals surface area contributed by atoms with E-state index in [1.54, 1.807) is 7.11 Å². The fourth-order valence-corrected chi connectivity index (χ4v) is 3.30. The highest BCUT2D eigenvalue weighted by Gasteiger charge is 2.14. The molecule has 0 fully saturated rings. The smallest absolute Gasteiger partial charge is 0.124 e. The Bertz CT molecular complexity index is 629. The molecule has 0 saturated heterocycles. The lowest BCUT2D eigenvalue weighted by atomic mass is 10.0. The molecule has 1 unspecified atom stereocenters. The normalized spacial score (nSPS) is 12.1. The molecule has 1 N–H and O–H groups in total. The molecule has 0 radical (unpaired) electrons. The quantitative estimate of drug-likeness (QED) is 0.781. The molecule has 0 aliphatic heterocycles. The fourth-order valence-electron chi connectivity index (χ4n) is 2.61. The molecule has 0 amide bonds. The number of ether oxygens (including phenoxy) is 1. The Labute approximate surface area is 135 Å². The third-order valence-corrected chi connectivity index (χ3v) is 4.17. The molecule has 0 aliphatic carbocycles. The molecule has 3 heteroatoms. The second-order valence-electron chi connectivity index (χ2n) is 5.53. The molecule has 0 saturated carbocycles. The lowest BCUT2D eigenvalue weighted by Crippen LogP contribution is -2.10. The molecule has 2 aromatic rings. The Kier molecular flexibility index (Phi) is 4.94. The number of halogens is 1. The Morgan fingerprint density at radius 1 is 1.05 bits per heavy atom. The number of anilines is 1. The minimum atomic E-state index is 0.180. The topological polar surface area (TPSA) is 21.3 Å². The lowest BCUT2D eigenvalue weighted by molar-refractivity contribution is 0.407. The maximum absolute atomic E-state index is 5.52. The second kappa shape index (κ2) is 6.52. The summed E-state index contributed by atoms with van der Waals surface area (Å²) in [5, 5.41) is 3.62. The summed E-state index contributed by atoms with van der Waals surface area (Å²) in [6.45, 7) is 8.49. The van der Waals surface area contributed by atoms with Crippen molar-refractivity contribution in [1.82, 2.24) is 0 Å². The van der Waals surface area contributed by atoms with Crippen LogP contribution in [0.1, 0.15) is 35.2 Å². The van der Waals surface area contributed by atoms with Gasteiger partial charge in [-0.2, -0.15) is 0 Å².